The molecule has 1 heterocycles. The molecule has 0 bridgehead atoms. The van der Waals surface area contributed by atoms with Crippen molar-refractivity contribution in [3.8, 4) is 0 Å². The number of anilines is 1. The van der Waals surface area contributed by atoms with E-state index in [1.54, 1.807) is 4.90 Å². The highest BCUT2D eigenvalue weighted by Gasteiger charge is 2.28. The molecule has 1 saturated heterocycles. The molecule has 2 nitrogen and oxygen atoms in total. The first-order valence-electron chi connectivity index (χ1n) is 4.82. The van der Waals surface area contributed by atoms with Crippen LogP contribution in [0.15, 0.2) is 22.7 Å². The summed E-state index contributed by atoms with van der Waals surface area (Å²) in [7, 11) is 0. The van der Waals surface area contributed by atoms with Crippen molar-refractivity contribution in [3.63, 3.8) is 0 Å². The van der Waals surface area contributed by atoms with Crippen LogP contribution in [-0.2, 0) is 4.79 Å². The summed E-state index contributed by atoms with van der Waals surface area (Å²) in [4.78, 5) is 13.5. The van der Waals surface area contributed by atoms with Crippen molar-refractivity contribution >= 4 is 40.2 Å². The molecule has 1 fully saturated rings. The largest absolute Gasteiger partial charge is 0.311 e. The topological polar surface area (TPSA) is 20.3 Å². The zero-order valence-corrected chi connectivity index (χ0v) is 10.9. The maximum atomic E-state index is 11.7. The number of carbonyl (C=O) groups excluding carboxylic acids is 1. The fourth-order valence-corrected chi connectivity index (χ4v) is 2.73. The van der Waals surface area contributed by atoms with Crippen molar-refractivity contribution < 1.29 is 4.79 Å². The van der Waals surface area contributed by atoms with Crippen molar-refractivity contribution in [1.29, 1.82) is 0 Å². The molecule has 80 valence electrons. The number of halogens is 1. The quantitative estimate of drug-likeness (QED) is 0.787. The molecule has 1 atom stereocenters. The van der Waals surface area contributed by atoms with Gasteiger partial charge in [0, 0.05) is 28.4 Å². The molecule has 0 aromatic heterocycles. The Morgan fingerprint density at radius 2 is 2.20 bits per heavy atom. The van der Waals surface area contributed by atoms with Gasteiger partial charge in [0.2, 0.25) is 5.91 Å². The molecular weight excluding hydrogens is 274 g/mol. The van der Waals surface area contributed by atoms with Gasteiger partial charge in [-0.15, -0.1) is 0 Å². The number of hydrogen-bond acceptors (Lipinski definition) is 2. The standard InChI is InChI=1S/C11H12BrNOS/c1-7-2-8(12)4-9(3-7)13-6-10(15)5-11(13)14/h2-4,10,15H,5-6H2,1H3. The first kappa shape index (κ1) is 11.0. The van der Waals surface area contributed by atoms with Gasteiger partial charge < -0.3 is 4.90 Å². The number of thiol groups is 1. The summed E-state index contributed by atoms with van der Waals surface area (Å²) in [5.74, 6) is 0.160. The van der Waals surface area contributed by atoms with Crippen LogP contribution in [0.25, 0.3) is 0 Å². The second kappa shape index (κ2) is 4.18. The highest BCUT2D eigenvalue weighted by Crippen LogP contribution is 2.27. The Hall–Kier alpha value is -0.480. The maximum Gasteiger partial charge on any atom is 0.228 e. The van der Waals surface area contributed by atoms with E-state index >= 15 is 0 Å². The van der Waals surface area contributed by atoms with Gasteiger partial charge >= 0.3 is 0 Å². The van der Waals surface area contributed by atoms with Crippen molar-refractivity contribution in [2.45, 2.75) is 18.6 Å². The zero-order chi connectivity index (χ0) is 11.0. The monoisotopic (exact) mass is 285 g/mol. The number of benzene rings is 1. The molecule has 1 amide bonds. The van der Waals surface area contributed by atoms with Crippen molar-refractivity contribution in [3.05, 3.63) is 28.2 Å². The average Bonchev–Trinajstić information content (AvgIpc) is 2.43. The minimum Gasteiger partial charge on any atom is -0.311 e. The highest BCUT2D eigenvalue weighted by atomic mass is 79.9. The maximum absolute atomic E-state index is 11.7. The molecule has 1 unspecified atom stereocenters. The fourth-order valence-electron chi connectivity index (χ4n) is 1.81. The van der Waals surface area contributed by atoms with Gasteiger partial charge in [0.05, 0.1) is 0 Å². The molecule has 1 aliphatic heterocycles. The van der Waals surface area contributed by atoms with Crippen LogP contribution in [0.5, 0.6) is 0 Å². The molecule has 4 heteroatoms. The third-order valence-corrected chi connectivity index (χ3v) is 3.25. The number of amides is 1. The molecule has 2 rings (SSSR count). The normalized spacial score (nSPS) is 21.1. The van der Waals surface area contributed by atoms with Gasteiger partial charge in [-0.2, -0.15) is 12.6 Å². The lowest BCUT2D eigenvalue weighted by Crippen LogP contribution is -2.24. The second-order valence-electron chi connectivity index (χ2n) is 3.85. The van der Waals surface area contributed by atoms with Crippen molar-refractivity contribution in [1.82, 2.24) is 0 Å². The van der Waals surface area contributed by atoms with Crippen LogP contribution in [0.4, 0.5) is 5.69 Å². The summed E-state index contributed by atoms with van der Waals surface area (Å²) in [6, 6.07) is 6.02. The molecule has 0 aliphatic carbocycles. The van der Waals surface area contributed by atoms with Gasteiger partial charge in [0.15, 0.2) is 0 Å². The minimum atomic E-state index is 0.160. The summed E-state index contributed by atoms with van der Waals surface area (Å²) in [5.41, 5.74) is 2.11. The van der Waals surface area contributed by atoms with E-state index in [4.69, 9.17) is 0 Å². The molecule has 0 radical (unpaired) electrons. The predicted molar refractivity (Wildman–Crippen MR) is 68.6 cm³/mol. The van der Waals surface area contributed by atoms with E-state index in [9.17, 15) is 4.79 Å². The average molecular weight is 286 g/mol. The van der Waals surface area contributed by atoms with Crippen LogP contribution in [0.1, 0.15) is 12.0 Å². The smallest absolute Gasteiger partial charge is 0.228 e. The zero-order valence-electron chi connectivity index (χ0n) is 8.40. The van der Waals surface area contributed by atoms with Crippen LogP contribution in [0, 0.1) is 6.92 Å². The van der Waals surface area contributed by atoms with Crippen molar-refractivity contribution in [2.75, 3.05) is 11.4 Å². The molecular formula is C11H12BrNOS. The first-order valence-corrected chi connectivity index (χ1v) is 6.13. The molecule has 0 saturated carbocycles. The third kappa shape index (κ3) is 2.37. The van der Waals surface area contributed by atoms with Crippen LogP contribution >= 0.6 is 28.6 Å². The van der Waals surface area contributed by atoms with Gasteiger partial charge in [0.25, 0.3) is 0 Å². The molecule has 0 spiro atoms. The molecule has 1 aliphatic rings. The summed E-state index contributed by atoms with van der Waals surface area (Å²) in [5, 5.41) is 0.164. The Kier molecular flexibility index (Phi) is 3.07. The van der Waals surface area contributed by atoms with Gasteiger partial charge in [-0.3, -0.25) is 4.79 Å². The Morgan fingerprint density at radius 1 is 1.47 bits per heavy atom. The van der Waals surface area contributed by atoms with Gasteiger partial charge in [-0.1, -0.05) is 15.9 Å². The van der Waals surface area contributed by atoms with E-state index in [1.807, 2.05) is 25.1 Å². The van der Waals surface area contributed by atoms with Crippen LogP contribution < -0.4 is 4.90 Å². The number of hydrogen-bond donors (Lipinski definition) is 1. The van der Waals surface area contributed by atoms with Gasteiger partial charge in [0.1, 0.15) is 0 Å². The number of rotatable bonds is 1. The summed E-state index contributed by atoms with van der Waals surface area (Å²) in [6.45, 7) is 2.73. The Morgan fingerprint density at radius 3 is 2.73 bits per heavy atom. The van der Waals surface area contributed by atoms with Crippen molar-refractivity contribution in [2.24, 2.45) is 0 Å². The van der Waals surface area contributed by atoms with Gasteiger partial charge in [-0.25, -0.2) is 0 Å². The number of aryl methyl sites for hydroxylation is 1. The fraction of sp³-hybridized carbons (Fsp3) is 0.364. The lowest BCUT2D eigenvalue weighted by atomic mass is 10.2. The van der Waals surface area contributed by atoms with E-state index in [1.165, 1.54) is 0 Å². The SMILES string of the molecule is Cc1cc(Br)cc(N2CC(S)CC2=O)c1. The minimum absolute atomic E-state index is 0.160. The van der Waals surface area contributed by atoms with E-state index in [2.05, 4.69) is 28.6 Å². The highest BCUT2D eigenvalue weighted by molar-refractivity contribution is 9.10. The number of carbonyl (C=O) groups is 1. The Labute approximate surface area is 103 Å². The van der Waals surface area contributed by atoms with E-state index < -0.39 is 0 Å². The summed E-state index contributed by atoms with van der Waals surface area (Å²) >= 11 is 7.78. The lowest BCUT2D eigenvalue weighted by molar-refractivity contribution is -0.117. The van der Waals surface area contributed by atoms with E-state index in [0.717, 1.165) is 15.7 Å². The van der Waals surface area contributed by atoms with Crippen LogP contribution in [0.2, 0.25) is 0 Å². The van der Waals surface area contributed by atoms with Crippen LogP contribution in [-0.4, -0.2) is 17.7 Å². The summed E-state index contributed by atoms with van der Waals surface area (Å²) in [6.07, 6.45) is 0.536. The third-order valence-electron chi connectivity index (χ3n) is 2.44. The molecule has 1 aromatic rings. The number of nitrogens with zero attached hydrogens (tertiary/aromatic N) is 1. The molecule has 1 aromatic carbocycles. The van der Waals surface area contributed by atoms with E-state index in [-0.39, 0.29) is 11.2 Å². The first-order chi connectivity index (χ1) is 7.06. The van der Waals surface area contributed by atoms with Gasteiger partial charge in [-0.05, 0) is 30.7 Å². The Balaban J connectivity index is 2.33. The molecule has 15 heavy (non-hydrogen) atoms. The Bertz CT molecular complexity index is 387. The van der Waals surface area contributed by atoms with E-state index in [0.29, 0.717) is 13.0 Å². The summed E-state index contributed by atoms with van der Waals surface area (Å²) < 4.78 is 1.01. The molecule has 0 N–H and O–H groups in total. The van der Waals surface area contributed by atoms with Crippen LogP contribution in [0.3, 0.4) is 0 Å². The lowest BCUT2D eigenvalue weighted by Gasteiger charge is -2.17. The second-order valence-corrected chi connectivity index (χ2v) is 5.50. The predicted octanol–water partition coefficient (Wildman–Crippen LogP) is 2.79.